The summed E-state index contributed by atoms with van der Waals surface area (Å²) in [6, 6.07) is 14.9. The molecule has 0 atom stereocenters. The summed E-state index contributed by atoms with van der Waals surface area (Å²) < 4.78 is 5.85. The Bertz CT molecular complexity index is 972. The van der Waals surface area contributed by atoms with E-state index >= 15 is 0 Å². The monoisotopic (exact) mass is 376 g/mol. The number of amides is 1. The zero-order chi connectivity index (χ0) is 18.9. The van der Waals surface area contributed by atoms with Gasteiger partial charge >= 0.3 is 0 Å². The molecule has 6 heteroatoms. The highest BCUT2D eigenvalue weighted by molar-refractivity contribution is 5.79. The van der Waals surface area contributed by atoms with E-state index in [0.717, 1.165) is 50.1 Å². The molecule has 0 saturated carbocycles. The van der Waals surface area contributed by atoms with Gasteiger partial charge in [0.2, 0.25) is 5.91 Å². The number of anilines is 1. The highest BCUT2D eigenvalue weighted by Gasteiger charge is 2.27. The van der Waals surface area contributed by atoms with Gasteiger partial charge in [0.15, 0.2) is 5.58 Å². The van der Waals surface area contributed by atoms with Gasteiger partial charge in [-0.15, -0.1) is 0 Å². The minimum Gasteiger partial charge on any atom is -0.423 e. The molecule has 3 aromatic rings. The molecular weight excluding hydrogens is 352 g/mol. The standard InChI is InChI=1S/C22H24N4O2/c27-21(24-12-15-5-6-17-13-23-14-18(17)11-15)16-7-9-26(10-8-16)22-25-19-3-1-2-4-20(19)28-22/h1-6,11,16,23H,7-10,12-14H2,(H,24,27). The lowest BCUT2D eigenvalue weighted by molar-refractivity contribution is -0.125. The topological polar surface area (TPSA) is 70.4 Å². The second-order valence-electron chi connectivity index (χ2n) is 7.65. The Morgan fingerprint density at radius 3 is 2.82 bits per heavy atom. The molecule has 2 N–H and O–H groups in total. The van der Waals surface area contributed by atoms with Crippen molar-refractivity contribution < 1.29 is 9.21 Å². The van der Waals surface area contributed by atoms with E-state index in [1.807, 2.05) is 24.3 Å². The van der Waals surface area contributed by atoms with Crippen LogP contribution < -0.4 is 15.5 Å². The molecule has 0 bridgehead atoms. The number of fused-ring (bicyclic) bond motifs is 2. The Labute approximate surface area is 163 Å². The lowest BCUT2D eigenvalue weighted by Gasteiger charge is -2.30. The smallest absolute Gasteiger partial charge is 0.298 e. The molecule has 0 aliphatic carbocycles. The van der Waals surface area contributed by atoms with Gasteiger partial charge in [0.25, 0.3) is 6.01 Å². The van der Waals surface area contributed by atoms with Gasteiger partial charge < -0.3 is 20.0 Å². The molecule has 0 unspecified atom stereocenters. The molecule has 1 saturated heterocycles. The number of nitrogens with one attached hydrogen (secondary N) is 2. The van der Waals surface area contributed by atoms with Crippen LogP contribution >= 0.6 is 0 Å². The predicted octanol–water partition coefficient (Wildman–Crippen LogP) is 2.96. The first-order valence-electron chi connectivity index (χ1n) is 9.96. The minimum absolute atomic E-state index is 0.0525. The van der Waals surface area contributed by atoms with E-state index in [2.05, 4.69) is 38.7 Å². The van der Waals surface area contributed by atoms with E-state index in [1.165, 1.54) is 16.7 Å². The number of carbonyl (C=O) groups is 1. The average Bonchev–Trinajstić information content (AvgIpc) is 3.38. The number of rotatable bonds is 4. The maximum atomic E-state index is 12.6. The molecule has 144 valence electrons. The Hall–Kier alpha value is -2.86. The fourth-order valence-corrected chi connectivity index (χ4v) is 4.12. The van der Waals surface area contributed by atoms with Gasteiger partial charge in [0, 0.05) is 38.6 Å². The van der Waals surface area contributed by atoms with Crippen molar-refractivity contribution >= 4 is 23.0 Å². The highest BCUT2D eigenvalue weighted by atomic mass is 16.4. The van der Waals surface area contributed by atoms with Crippen LogP contribution in [0.1, 0.15) is 29.5 Å². The molecule has 2 aliphatic rings. The van der Waals surface area contributed by atoms with E-state index in [-0.39, 0.29) is 11.8 Å². The summed E-state index contributed by atoms with van der Waals surface area (Å²) in [6.07, 6.45) is 1.64. The summed E-state index contributed by atoms with van der Waals surface area (Å²) >= 11 is 0. The molecule has 5 rings (SSSR count). The lowest BCUT2D eigenvalue weighted by atomic mass is 9.96. The average molecular weight is 376 g/mol. The molecule has 1 amide bonds. The van der Waals surface area contributed by atoms with Crippen molar-refractivity contribution in [2.24, 2.45) is 5.92 Å². The maximum absolute atomic E-state index is 12.6. The van der Waals surface area contributed by atoms with Gasteiger partial charge in [-0.3, -0.25) is 4.79 Å². The van der Waals surface area contributed by atoms with Crippen molar-refractivity contribution in [3.05, 3.63) is 59.2 Å². The van der Waals surface area contributed by atoms with Crippen molar-refractivity contribution in [1.29, 1.82) is 0 Å². The summed E-state index contributed by atoms with van der Waals surface area (Å²) in [7, 11) is 0. The SMILES string of the molecule is O=C(NCc1ccc2c(c1)CNC2)C1CCN(c2nc3ccccc3o2)CC1. The van der Waals surface area contributed by atoms with Crippen LogP contribution in [-0.2, 0) is 24.4 Å². The third-order valence-electron chi connectivity index (χ3n) is 5.79. The van der Waals surface area contributed by atoms with Crippen LogP contribution in [0.5, 0.6) is 0 Å². The zero-order valence-corrected chi connectivity index (χ0v) is 15.8. The summed E-state index contributed by atoms with van der Waals surface area (Å²) in [4.78, 5) is 19.3. The van der Waals surface area contributed by atoms with Crippen molar-refractivity contribution in [2.75, 3.05) is 18.0 Å². The normalized spacial score (nSPS) is 17.1. The molecule has 3 heterocycles. The summed E-state index contributed by atoms with van der Waals surface area (Å²) in [5.41, 5.74) is 5.56. The fraction of sp³-hybridized carbons (Fsp3) is 0.364. The molecule has 28 heavy (non-hydrogen) atoms. The number of para-hydroxylation sites is 2. The third kappa shape index (κ3) is 3.36. The zero-order valence-electron chi connectivity index (χ0n) is 15.8. The van der Waals surface area contributed by atoms with Crippen molar-refractivity contribution in [3.8, 4) is 0 Å². The first kappa shape index (κ1) is 17.3. The maximum Gasteiger partial charge on any atom is 0.298 e. The molecule has 0 radical (unpaired) electrons. The number of oxazole rings is 1. The highest BCUT2D eigenvalue weighted by Crippen LogP contribution is 2.26. The molecule has 1 aromatic heterocycles. The van der Waals surface area contributed by atoms with E-state index in [1.54, 1.807) is 0 Å². The van der Waals surface area contributed by atoms with Crippen LogP contribution in [-0.4, -0.2) is 24.0 Å². The van der Waals surface area contributed by atoms with Crippen LogP contribution in [0.4, 0.5) is 6.01 Å². The van der Waals surface area contributed by atoms with E-state index in [9.17, 15) is 4.79 Å². The Morgan fingerprint density at radius 1 is 1.14 bits per heavy atom. The largest absolute Gasteiger partial charge is 0.423 e. The van der Waals surface area contributed by atoms with Crippen LogP contribution in [0.15, 0.2) is 46.9 Å². The first-order valence-corrected chi connectivity index (χ1v) is 9.96. The Balaban J connectivity index is 1.15. The van der Waals surface area contributed by atoms with Crippen molar-refractivity contribution in [3.63, 3.8) is 0 Å². The molecular formula is C22H24N4O2. The number of aromatic nitrogens is 1. The summed E-state index contributed by atoms with van der Waals surface area (Å²) in [6.45, 7) is 4.04. The summed E-state index contributed by atoms with van der Waals surface area (Å²) in [5.74, 6) is 0.201. The molecule has 1 fully saturated rings. The van der Waals surface area contributed by atoms with Crippen molar-refractivity contribution in [1.82, 2.24) is 15.6 Å². The third-order valence-corrected chi connectivity index (χ3v) is 5.79. The minimum atomic E-state index is 0.0525. The number of hydrogen-bond donors (Lipinski definition) is 2. The lowest BCUT2D eigenvalue weighted by Crippen LogP contribution is -2.40. The predicted molar refractivity (Wildman–Crippen MR) is 108 cm³/mol. The number of hydrogen-bond acceptors (Lipinski definition) is 5. The number of nitrogens with zero attached hydrogens (tertiary/aromatic N) is 2. The van der Waals surface area contributed by atoms with Gasteiger partial charge in [0.05, 0.1) is 0 Å². The van der Waals surface area contributed by atoms with Crippen LogP contribution in [0, 0.1) is 5.92 Å². The van der Waals surface area contributed by atoms with E-state index in [4.69, 9.17) is 4.42 Å². The molecule has 6 nitrogen and oxygen atoms in total. The quantitative estimate of drug-likeness (QED) is 0.733. The van der Waals surface area contributed by atoms with Crippen LogP contribution in [0.25, 0.3) is 11.1 Å². The number of carbonyl (C=O) groups excluding carboxylic acids is 1. The van der Waals surface area contributed by atoms with Crippen molar-refractivity contribution in [2.45, 2.75) is 32.5 Å². The second kappa shape index (κ2) is 7.28. The molecule has 2 aliphatic heterocycles. The van der Waals surface area contributed by atoms with E-state index < -0.39 is 0 Å². The Morgan fingerprint density at radius 2 is 1.96 bits per heavy atom. The van der Waals surface area contributed by atoms with Crippen LogP contribution in [0.2, 0.25) is 0 Å². The second-order valence-corrected chi connectivity index (χ2v) is 7.65. The molecule has 2 aromatic carbocycles. The van der Waals surface area contributed by atoms with Gasteiger partial charge in [-0.25, -0.2) is 0 Å². The van der Waals surface area contributed by atoms with Gasteiger partial charge in [-0.05, 0) is 41.7 Å². The fourth-order valence-electron chi connectivity index (χ4n) is 4.12. The van der Waals surface area contributed by atoms with Gasteiger partial charge in [-0.2, -0.15) is 4.98 Å². The van der Waals surface area contributed by atoms with Gasteiger partial charge in [-0.1, -0.05) is 30.3 Å². The van der Waals surface area contributed by atoms with E-state index in [0.29, 0.717) is 12.6 Å². The number of piperidine rings is 1. The van der Waals surface area contributed by atoms with Crippen LogP contribution in [0.3, 0.4) is 0 Å². The Kier molecular flexibility index (Phi) is 4.49. The molecule has 0 spiro atoms. The van der Waals surface area contributed by atoms with Gasteiger partial charge in [0.1, 0.15) is 5.52 Å². The first-order chi connectivity index (χ1) is 13.8. The number of benzene rings is 2. The summed E-state index contributed by atoms with van der Waals surface area (Å²) in [5, 5.41) is 6.47.